The van der Waals surface area contributed by atoms with Crippen LogP contribution in [-0.4, -0.2) is 4.57 Å². The Balaban J connectivity index is 2.58. The van der Waals surface area contributed by atoms with Crippen LogP contribution in [0.15, 0.2) is 36.4 Å². The smallest absolute Gasteiger partial charge is 0.0497 e. The molecule has 0 aliphatic rings. The van der Waals surface area contributed by atoms with E-state index in [2.05, 4.69) is 61.7 Å². The molecule has 3 aromatic rings. The van der Waals surface area contributed by atoms with Crippen molar-refractivity contribution in [2.24, 2.45) is 0 Å². The van der Waals surface area contributed by atoms with Gasteiger partial charge in [0.05, 0.1) is 0 Å². The number of aryl methyl sites for hydroxylation is 1. The number of nitrogens with zero attached hydrogens (tertiary/aromatic N) is 1. The predicted octanol–water partition coefficient (Wildman–Crippen LogP) is 4.27. The quantitative estimate of drug-likeness (QED) is 0.631. The van der Waals surface area contributed by atoms with E-state index in [1.54, 1.807) is 0 Å². The van der Waals surface area contributed by atoms with E-state index in [4.69, 9.17) is 5.73 Å². The summed E-state index contributed by atoms with van der Waals surface area (Å²) in [5, 5.41) is 2.54. The number of nitrogen functional groups attached to an aromatic ring is 1. The van der Waals surface area contributed by atoms with E-state index in [0.29, 0.717) is 6.04 Å². The summed E-state index contributed by atoms with van der Waals surface area (Å²) in [6.45, 7) is 6.51. The van der Waals surface area contributed by atoms with Crippen LogP contribution in [-0.2, 0) is 0 Å². The fourth-order valence-electron chi connectivity index (χ4n) is 2.72. The number of para-hydroxylation sites is 1. The van der Waals surface area contributed by atoms with Crippen molar-refractivity contribution in [1.29, 1.82) is 0 Å². The minimum Gasteiger partial charge on any atom is -0.398 e. The Kier molecular flexibility index (Phi) is 2.34. The fraction of sp³-hybridized carbons (Fsp3) is 0.250. The molecule has 0 aliphatic carbocycles. The van der Waals surface area contributed by atoms with Crippen LogP contribution in [0.25, 0.3) is 21.8 Å². The highest BCUT2D eigenvalue weighted by atomic mass is 15.0. The van der Waals surface area contributed by atoms with Gasteiger partial charge in [0.2, 0.25) is 0 Å². The van der Waals surface area contributed by atoms with Crippen LogP contribution in [0, 0.1) is 6.92 Å². The Labute approximate surface area is 107 Å². The first-order valence-electron chi connectivity index (χ1n) is 6.38. The van der Waals surface area contributed by atoms with Gasteiger partial charge in [-0.3, -0.25) is 0 Å². The normalized spacial score (nSPS) is 11.8. The van der Waals surface area contributed by atoms with E-state index in [0.717, 1.165) is 11.3 Å². The van der Waals surface area contributed by atoms with E-state index < -0.39 is 0 Å². The second kappa shape index (κ2) is 3.77. The summed E-state index contributed by atoms with van der Waals surface area (Å²) in [7, 11) is 0. The molecular weight excluding hydrogens is 220 g/mol. The first-order chi connectivity index (χ1) is 8.59. The molecule has 3 rings (SSSR count). The summed E-state index contributed by atoms with van der Waals surface area (Å²) in [5.74, 6) is 0. The molecule has 2 nitrogen and oxygen atoms in total. The Morgan fingerprint density at radius 2 is 1.72 bits per heavy atom. The van der Waals surface area contributed by atoms with E-state index in [1.165, 1.54) is 21.8 Å². The van der Waals surface area contributed by atoms with Crippen molar-refractivity contribution in [3.63, 3.8) is 0 Å². The number of benzene rings is 2. The van der Waals surface area contributed by atoms with Crippen molar-refractivity contribution in [1.82, 2.24) is 4.57 Å². The van der Waals surface area contributed by atoms with Crippen LogP contribution in [0.1, 0.15) is 25.5 Å². The predicted molar refractivity (Wildman–Crippen MR) is 79.0 cm³/mol. The Morgan fingerprint density at radius 3 is 2.44 bits per heavy atom. The Morgan fingerprint density at radius 1 is 1.00 bits per heavy atom. The van der Waals surface area contributed by atoms with Gasteiger partial charge in [-0.2, -0.15) is 0 Å². The van der Waals surface area contributed by atoms with Crippen molar-refractivity contribution in [3.05, 3.63) is 42.0 Å². The second-order valence-corrected chi connectivity index (χ2v) is 5.21. The van der Waals surface area contributed by atoms with E-state index >= 15 is 0 Å². The van der Waals surface area contributed by atoms with Crippen LogP contribution in [0.3, 0.4) is 0 Å². The summed E-state index contributed by atoms with van der Waals surface area (Å²) in [6, 6.07) is 13.3. The second-order valence-electron chi connectivity index (χ2n) is 5.21. The molecule has 0 unspecified atom stereocenters. The number of hydrogen-bond donors (Lipinski definition) is 1. The topological polar surface area (TPSA) is 30.9 Å². The molecule has 92 valence electrons. The molecule has 0 atom stereocenters. The molecular formula is C16H18N2. The fourth-order valence-corrected chi connectivity index (χ4v) is 2.72. The molecule has 2 N–H and O–H groups in total. The van der Waals surface area contributed by atoms with E-state index in [-0.39, 0.29) is 0 Å². The lowest BCUT2D eigenvalue weighted by molar-refractivity contribution is 0.642. The summed E-state index contributed by atoms with van der Waals surface area (Å²) >= 11 is 0. The zero-order chi connectivity index (χ0) is 12.9. The molecule has 0 fully saturated rings. The number of fused-ring (bicyclic) bond motifs is 3. The molecule has 0 radical (unpaired) electrons. The molecule has 1 heterocycles. The molecule has 2 heteroatoms. The molecule has 1 aromatic heterocycles. The summed E-state index contributed by atoms with van der Waals surface area (Å²) < 4.78 is 2.39. The third kappa shape index (κ3) is 1.42. The standard InChI is InChI=1S/C16H18N2/c1-10(2)18-15-7-5-4-6-12(15)13-9-14(17)11(3)8-16(13)18/h4-10H,17H2,1-3H3. The molecule has 0 bridgehead atoms. The van der Waals surface area contributed by atoms with Gasteiger partial charge in [-0.25, -0.2) is 0 Å². The van der Waals surface area contributed by atoms with Crippen LogP contribution < -0.4 is 5.73 Å². The van der Waals surface area contributed by atoms with Crippen LogP contribution in [0.2, 0.25) is 0 Å². The third-order valence-corrected chi connectivity index (χ3v) is 3.61. The maximum atomic E-state index is 6.05. The maximum absolute atomic E-state index is 6.05. The third-order valence-electron chi connectivity index (χ3n) is 3.61. The van der Waals surface area contributed by atoms with Crippen molar-refractivity contribution in [2.45, 2.75) is 26.8 Å². The first kappa shape index (κ1) is 11.1. The number of anilines is 1. The lowest BCUT2D eigenvalue weighted by Crippen LogP contribution is -2.00. The highest BCUT2D eigenvalue weighted by Gasteiger charge is 2.13. The van der Waals surface area contributed by atoms with Gasteiger partial charge in [-0.15, -0.1) is 0 Å². The average Bonchev–Trinajstić information content (AvgIpc) is 2.64. The van der Waals surface area contributed by atoms with Crippen LogP contribution in [0.5, 0.6) is 0 Å². The maximum Gasteiger partial charge on any atom is 0.0497 e. The SMILES string of the molecule is Cc1cc2c(cc1N)c1ccccc1n2C(C)C. The van der Waals surface area contributed by atoms with Crippen LogP contribution >= 0.6 is 0 Å². The van der Waals surface area contributed by atoms with E-state index in [9.17, 15) is 0 Å². The Hall–Kier alpha value is -1.96. The van der Waals surface area contributed by atoms with Gasteiger partial charge < -0.3 is 10.3 Å². The monoisotopic (exact) mass is 238 g/mol. The molecule has 0 saturated carbocycles. The first-order valence-corrected chi connectivity index (χ1v) is 6.38. The lowest BCUT2D eigenvalue weighted by atomic mass is 10.1. The van der Waals surface area contributed by atoms with Crippen molar-refractivity contribution < 1.29 is 0 Å². The van der Waals surface area contributed by atoms with E-state index in [1.807, 2.05) is 0 Å². The van der Waals surface area contributed by atoms with Crippen LogP contribution in [0.4, 0.5) is 5.69 Å². The van der Waals surface area contributed by atoms with Gasteiger partial charge in [0.25, 0.3) is 0 Å². The molecule has 0 amide bonds. The van der Waals surface area contributed by atoms with Crippen molar-refractivity contribution in [2.75, 3.05) is 5.73 Å². The highest BCUT2D eigenvalue weighted by Crippen LogP contribution is 2.33. The zero-order valence-corrected chi connectivity index (χ0v) is 11.1. The van der Waals surface area contributed by atoms with Gasteiger partial charge >= 0.3 is 0 Å². The number of nitrogens with two attached hydrogens (primary N) is 1. The van der Waals surface area contributed by atoms with Gasteiger partial charge in [0.1, 0.15) is 0 Å². The molecule has 18 heavy (non-hydrogen) atoms. The minimum absolute atomic E-state index is 0.440. The molecule has 0 spiro atoms. The zero-order valence-electron chi connectivity index (χ0n) is 11.1. The Bertz CT molecular complexity index is 736. The summed E-state index contributed by atoms with van der Waals surface area (Å²) in [5.41, 5.74) is 10.6. The van der Waals surface area contributed by atoms with Gasteiger partial charge in [-0.1, -0.05) is 18.2 Å². The average molecular weight is 238 g/mol. The summed E-state index contributed by atoms with van der Waals surface area (Å²) in [6.07, 6.45) is 0. The lowest BCUT2D eigenvalue weighted by Gasteiger charge is -2.12. The molecule has 0 saturated heterocycles. The molecule has 0 aliphatic heterocycles. The van der Waals surface area contributed by atoms with Crippen molar-refractivity contribution in [3.8, 4) is 0 Å². The van der Waals surface area contributed by atoms with Crippen molar-refractivity contribution >= 4 is 27.5 Å². The van der Waals surface area contributed by atoms with Gasteiger partial charge in [0.15, 0.2) is 0 Å². The number of rotatable bonds is 1. The minimum atomic E-state index is 0.440. The van der Waals surface area contributed by atoms with Gasteiger partial charge in [0, 0.05) is 33.5 Å². The summed E-state index contributed by atoms with van der Waals surface area (Å²) in [4.78, 5) is 0. The number of aromatic nitrogens is 1. The molecule has 2 aromatic carbocycles. The van der Waals surface area contributed by atoms with Gasteiger partial charge in [-0.05, 0) is 44.5 Å². The number of hydrogen-bond acceptors (Lipinski definition) is 1. The largest absolute Gasteiger partial charge is 0.398 e. The highest BCUT2D eigenvalue weighted by molar-refractivity contribution is 6.09.